The maximum atomic E-state index is 5.72. The summed E-state index contributed by atoms with van der Waals surface area (Å²) in [4.78, 5) is 6.79. The van der Waals surface area contributed by atoms with Gasteiger partial charge in [0.1, 0.15) is 5.69 Å². The fourth-order valence-corrected chi connectivity index (χ4v) is 5.63. The molecule has 0 fully saturated rings. The van der Waals surface area contributed by atoms with Gasteiger partial charge in [0.15, 0.2) is 12.2 Å². The molecule has 23 heavy (non-hydrogen) atoms. The Morgan fingerprint density at radius 3 is 2.35 bits per heavy atom. The molecular formula is C17H13Br2NOS2. The number of aromatic nitrogens is 1. The Kier molecular flexibility index (Phi) is 5.57. The lowest BCUT2D eigenvalue weighted by molar-refractivity contribution is 0.571. The van der Waals surface area contributed by atoms with Gasteiger partial charge in [-0.1, -0.05) is 18.2 Å². The van der Waals surface area contributed by atoms with E-state index in [1.807, 2.05) is 12.1 Å². The van der Waals surface area contributed by atoms with Gasteiger partial charge < -0.3 is 4.42 Å². The normalized spacial score (nSPS) is 11.0. The molecule has 0 aliphatic heterocycles. The zero-order valence-electron chi connectivity index (χ0n) is 12.5. The van der Waals surface area contributed by atoms with E-state index in [0.717, 1.165) is 31.5 Å². The van der Waals surface area contributed by atoms with Crippen LogP contribution in [0.1, 0.15) is 0 Å². The van der Waals surface area contributed by atoms with Crippen LogP contribution in [0.5, 0.6) is 0 Å². The molecule has 0 spiro atoms. The van der Waals surface area contributed by atoms with E-state index in [1.165, 1.54) is 16.2 Å². The first-order valence-corrected chi connectivity index (χ1v) is 10.8. The highest BCUT2D eigenvalue weighted by atomic mass is 79.9. The van der Waals surface area contributed by atoms with Gasteiger partial charge in [-0.3, -0.25) is 0 Å². The second kappa shape index (κ2) is 7.47. The summed E-state index contributed by atoms with van der Waals surface area (Å²) in [5, 5.41) is 0. The third-order valence-corrected chi connectivity index (χ3v) is 6.81. The fraction of sp³-hybridized carbons (Fsp3) is 0.118. The third-order valence-electron chi connectivity index (χ3n) is 3.39. The molecule has 1 aromatic heterocycles. The van der Waals surface area contributed by atoms with Crippen molar-refractivity contribution in [3.05, 3.63) is 51.7 Å². The summed E-state index contributed by atoms with van der Waals surface area (Å²) in [6, 6.07) is 12.4. The SMILES string of the molecule is CSc1ccccc1-c1ocnc1-c1cc(Br)c(SC)c(Br)c1. The van der Waals surface area contributed by atoms with Crippen molar-refractivity contribution in [1.82, 2.24) is 4.98 Å². The number of nitrogens with zero attached hydrogens (tertiary/aromatic N) is 1. The molecule has 6 heteroatoms. The number of thioether (sulfide) groups is 2. The molecule has 0 atom stereocenters. The summed E-state index contributed by atoms with van der Waals surface area (Å²) in [6.45, 7) is 0. The molecule has 0 saturated heterocycles. The Hall–Kier alpha value is -0.690. The van der Waals surface area contributed by atoms with E-state index in [2.05, 4.69) is 73.6 Å². The van der Waals surface area contributed by atoms with Crippen molar-refractivity contribution in [3.63, 3.8) is 0 Å². The van der Waals surface area contributed by atoms with E-state index in [1.54, 1.807) is 23.5 Å². The van der Waals surface area contributed by atoms with E-state index in [-0.39, 0.29) is 0 Å². The minimum atomic E-state index is 0.797. The molecule has 118 valence electrons. The van der Waals surface area contributed by atoms with Gasteiger partial charge in [-0.05, 0) is 62.6 Å². The lowest BCUT2D eigenvalue weighted by Gasteiger charge is -2.09. The van der Waals surface area contributed by atoms with Crippen LogP contribution in [-0.4, -0.2) is 17.5 Å². The predicted octanol–water partition coefficient (Wildman–Crippen LogP) is 6.98. The molecule has 0 N–H and O–H groups in total. The van der Waals surface area contributed by atoms with Crippen molar-refractivity contribution in [2.45, 2.75) is 9.79 Å². The first kappa shape index (κ1) is 17.1. The average molecular weight is 471 g/mol. The fourth-order valence-electron chi connectivity index (χ4n) is 2.37. The maximum Gasteiger partial charge on any atom is 0.182 e. The topological polar surface area (TPSA) is 26.0 Å². The minimum absolute atomic E-state index is 0.797. The summed E-state index contributed by atoms with van der Waals surface area (Å²) < 4.78 is 7.81. The molecule has 0 aliphatic rings. The summed E-state index contributed by atoms with van der Waals surface area (Å²) in [5.41, 5.74) is 2.93. The molecule has 0 bridgehead atoms. The van der Waals surface area contributed by atoms with E-state index in [4.69, 9.17) is 4.42 Å². The van der Waals surface area contributed by atoms with Crippen LogP contribution in [0.3, 0.4) is 0 Å². The van der Waals surface area contributed by atoms with Crippen molar-refractivity contribution in [2.75, 3.05) is 12.5 Å². The van der Waals surface area contributed by atoms with E-state index >= 15 is 0 Å². The van der Waals surface area contributed by atoms with Crippen molar-refractivity contribution in [2.24, 2.45) is 0 Å². The van der Waals surface area contributed by atoms with Crippen molar-refractivity contribution in [3.8, 4) is 22.6 Å². The zero-order valence-corrected chi connectivity index (χ0v) is 17.3. The van der Waals surface area contributed by atoms with Crippen molar-refractivity contribution >= 4 is 55.4 Å². The summed E-state index contributed by atoms with van der Waals surface area (Å²) >= 11 is 10.7. The Morgan fingerprint density at radius 1 is 1.00 bits per heavy atom. The molecule has 2 nitrogen and oxygen atoms in total. The molecule has 2 aromatic carbocycles. The van der Waals surface area contributed by atoms with Gasteiger partial charge in [0.05, 0.1) is 0 Å². The molecule has 0 amide bonds. The standard InChI is InChI=1S/C17H13Br2NOS2/c1-22-14-6-4-3-5-11(14)16-15(20-9-21-16)10-7-12(18)17(23-2)13(19)8-10/h3-9H,1-2H3. The molecule has 3 rings (SSSR count). The molecule has 0 radical (unpaired) electrons. The Morgan fingerprint density at radius 2 is 1.70 bits per heavy atom. The molecule has 0 aliphatic carbocycles. The van der Waals surface area contributed by atoms with Gasteiger partial charge in [-0.25, -0.2) is 4.98 Å². The quantitative estimate of drug-likeness (QED) is 0.384. The Balaban J connectivity index is 2.16. The van der Waals surface area contributed by atoms with Crippen LogP contribution in [-0.2, 0) is 0 Å². The van der Waals surface area contributed by atoms with E-state index < -0.39 is 0 Å². The highest BCUT2D eigenvalue weighted by Crippen LogP contribution is 2.41. The zero-order chi connectivity index (χ0) is 16.4. The predicted molar refractivity (Wildman–Crippen MR) is 106 cm³/mol. The van der Waals surface area contributed by atoms with E-state index in [0.29, 0.717) is 0 Å². The van der Waals surface area contributed by atoms with Crippen LogP contribution in [0.2, 0.25) is 0 Å². The Labute approximate surface area is 160 Å². The monoisotopic (exact) mass is 469 g/mol. The summed E-state index contributed by atoms with van der Waals surface area (Å²) in [6.07, 6.45) is 5.63. The van der Waals surface area contributed by atoms with Gasteiger partial charge >= 0.3 is 0 Å². The average Bonchev–Trinajstić information content (AvgIpc) is 3.04. The number of rotatable bonds is 4. The minimum Gasteiger partial charge on any atom is -0.443 e. The smallest absolute Gasteiger partial charge is 0.182 e. The Bertz CT molecular complexity index is 825. The van der Waals surface area contributed by atoms with Gasteiger partial charge in [0.2, 0.25) is 0 Å². The third kappa shape index (κ3) is 3.40. The first-order chi connectivity index (χ1) is 11.2. The van der Waals surface area contributed by atoms with Gasteiger partial charge in [0, 0.05) is 29.9 Å². The number of hydrogen-bond acceptors (Lipinski definition) is 4. The van der Waals surface area contributed by atoms with Crippen LogP contribution >= 0.6 is 55.4 Å². The number of benzene rings is 2. The second-order valence-corrected chi connectivity index (χ2v) is 8.08. The van der Waals surface area contributed by atoms with Crippen LogP contribution in [0, 0.1) is 0 Å². The molecule has 0 unspecified atom stereocenters. The van der Waals surface area contributed by atoms with Crippen LogP contribution in [0.4, 0.5) is 0 Å². The summed E-state index contributed by atoms with van der Waals surface area (Å²) in [7, 11) is 0. The maximum absolute atomic E-state index is 5.72. The number of halogens is 2. The molecule has 3 aromatic rings. The van der Waals surface area contributed by atoms with Gasteiger partial charge in [-0.2, -0.15) is 0 Å². The summed E-state index contributed by atoms with van der Waals surface area (Å²) in [5.74, 6) is 0.797. The van der Waals surface area contributed by atoms with Crippen molar-refractivity contribution < 1.29 is 4.42 Å². The second-order valence-electron chi connectivity index (χ2n) is 4.70. The largest absolute Gasteiger partial charge is 0.443 e. The van der Waals surface area contributed by atoms with Crippen LogP contribution < -0.4 is 0 Å². The lowest BCUT2D eigenvalue weighted by Crippen LogP contribution is -1.87. The van der Waals surface area contributed by atoms with Gasteiger partial charge in [-0.15, -0.1) is 23.5 Å². The highest BCUT2D eigenvalue weighted by Gasteiger charge is 2.17. The molecular weight excluding hydrogens is 458 g/mol. The first-order valence-electron chi connectivity index (χ1n) is 6.76. The van der Waals surface area contributed by atoms with Crippen LogP contribution in [0.15, 0.2) is 65.9 Å². The highest BCUT2D eigenvalue weighted by molar-refractivity contribution is 9.11. The number of oxazole rings is 1. The number of hydrogen-bond donors (Lipinski definition) is 0. The van der Waals surface area contributed by atoms with Gasteiger partial charge in [0.25, 0.3) is 0 Å². The van der Waals surface area contributed by atoms with E-state index in [9.17, 15) is 0 Å². The van der Waals surface area contributed by atoms with Crippen LogP contribution in [0.25, 0.3) is 22.6 Å². The van der Waals surface area contributed by atoms with Crippen molar-refractivity contribution in [1.29, 1.82) is 0 Å². The molecule has 1 heterocycles. The lowest BCUT2D eigenvalue weighted by atomic mass is 10.1. The molecule has 0 saturated carbocycles.